The Kier molecular flexibility index (Phi) is 7.13. The second-order valence-electron chi connectivity index (χ2n) is 6.54. The molecule has 30 heavy (non-hydrogen) atoms. The molecule has 0 unspecified atom stereocenters. The number of rotatable bonds is 8. The average Bonchev–Trinajstić information content (AvgIpc) is 2.74. The maximum atomic E-state index is 13.3. The second-order valence-corrected chi connectivity index (χ2v) is 6.95. The molecule has 2 aromatic carbocycles. The Balaban J connectivity index is 1.35. The number of anilines is 1. The molecule has 0 saturated carbocycles. The molecule has 0 aromatic heterocycles. The number of ether oxygens (including phenoxy) is 2. The molecule has 0 radical (unpaired) electrons. The molecule has 3 N–H and O–H groups in total. The summed E-state index contributed by atoms with van der Waals surface area (Å²) in [6.45, 7) is 4.12. The van der Waals surface area contributed by atoms with E-state index in [4.69, 9.17) is 21.1 Å². The van der Waals surface area contributed by atoms with Crippen LogP contribution in [0.2, 0.25) is 5.02 Å². The molecule has 0 aliphatic carbocycles. The van der Waals surface area contributed by atoms with Crippen molar-refractivity contribution in [3.05, 3.63) is 65.6 Å². The lowest BCUT2D eigenvalue weighted by molar-refractivity contribution is -0.126. The van der Waals surface area contributed by atoms with Crippen LogP contribution in [0.25, 0.3) is 0 Å². The maximum Gasteiger partial charge on any atom is 0.267 e. The highest BCUT2D eigenvalue weighted by Crippen LogP contribution is 2.28. The van der Waals surface area contributed by atoms with Crippen LogP contribution in [-0.2, 0) is 9.59 Å². The minimum Gasteiger partial charge on any atom is -0.484 e. The number of amides is 2. The Bertz CT molecular complexity index is 954. The van der Waals surface area contributed by atoms with Gasteiger partial charge in [-0.1, -0.05) is 30.3 Å². The summed E-state index contributed by atoms with van der Waals surface area (Å²) in [4.78, 5) is 24.2. The summed E-state index contributed by atoms with van der Waals surface area (Å²) >= 11 is 5.59. The molecule has 1 aliphatic heterocycles. The standard InChI is InChI=1S/C21H21ClFN3O4/c1-13(26-21(28)19-11-25-17-4-2-3-5-18(17)30-19)8-9-24-20(27)12-29-14-6-7-15(22)16(23)10-14/h2-7,10,19,25H,1,8-9,11-12H2,(H,24,27)(H,26,28)/t19-/m0/s1. The molecule has 1 aliphatic rings. The lowest BCUT2D eigenvalue weighted by Crippen LogP contribution is -2.44. The largest absolute Gasteiger partial charge is 0.484 e. The van der Waals surface area contributed by atoms with Gasteiger partial charge in [-0.2, -0.15) is 0 Å². The average molecular weight is 434 g/mol. The van der Waals surface area contributed by atoms with Crippen molar-refractivity contribution < 1.29 is 23.5 Å². The van der Waals surface area contributed by atoms with Crippen LogP contribution in [0.1, 0.15) is 6.42 Å². The quantitative estimate of drug-likeness (QED) is 0.595. The van der Waals surface area contributed by atoms with Gasteiger partial charge in [0.05, 0.1) is 17.3 Å². The second kappa shape index (κ2) is 9.98. The fourth-order valence-electron chi connectivity index (χ4n) is 2.70. The molecule has 2 amide bonds. The van der Waals surface area contributed by atoms with Crippen LogP contribution in [-0.4, -0.2) is 37.6 Å². The Labute approximate surface area is 178 Å². The highest BCUT2D eigenvalue weighted by Gasteiger charge is 2.25. The van der Waals surface area contributed by atoms with Crippen molar-refractivity contribution in [3.8, 4) is 11.5 Å². The molecule has 158 valence electrons. The topological polar surface area (TPSA) is 88.7 Å². The van der Waals surface area contributed by atoms with Crippen LogP contribution in [0.15, 0.2) is 54.7 Å². The van der Waals surface area contributed by atoms with E-state index in [0.717, 1.165) is 11.8 Å². The number of carbonyl (C=O) groups excluding carboxylic acids is 2. The summed E-state index contributed by atoms with van der Waals surface area (Å²) in [5.41, 5.74) is 1.29. The van der Waals surface area contributed by atoms with Gasteiger partial charge in [0.1, 0.15) is 17.3 Å². The number of nitrogens with one attached hydrogen (secondary N) is 3. The molecule has 1 atom stereocenters. The third kappa shape index (κ3) is 5.87. The third-order valence-corrected chi connectivity index (χ3v) is 4.54. The number of benzene rings is 2. The fraction of sp³-hybridized carbons (Fsp3) is 0.238. The van der Waals surface area contributed by atoms with Gasteiger partial charge in [-0.15, -0.1) is 0 Å². The van der Waals surface area contributed by atoms with Crippen LogP contribution < -0.4 is 25.4 Å². The summed E-state index contributed by atoms with van der Waals surface area (Å²) in [5, 5.41) is 8.44. The lowest BCUT2D eigenvalue weighted by Gasteiger charge is -2.26. The van der Waals surface area contributed by atoms with E-state index in [9.17, 15) is 14.0 Å². The van der Waals surface area contributed by atoms with Crippen molar-refractivity contribution in [2.24, 2.45) is 0 Å². The zero-order valence-electron chi connectivity index (χ0n) is 16.0. The van der Waals surface area contributed by atoms with Gasteiger partial charge >= 0.3 is 0 Å². The number of para-hydroxylation sites is 2. The molecule has 0 fully saturated rings. The van der Waals surface area contributed by atoms with E-state index in [1.54, 1.807) is 6.07 Å². The minimum atomic E-state index is -0.681. The Morgan fingerprint density at radius 1 is 1.30 bits per heavy atom. The van der Waals surface area contributed by atoms with Crippen LogP contribution in [0.3, 0.4) is 0 Å². The highest BCUT2D eigenvalue weighted by molar-refractivity contribution is 6.30. The van der Waals surface area contributed by atoms with Crippen molar-refractivity contribution >= 4 is 29.1 Å². The number of halogens is 2. The molecule has 0 spiro atoms. The fourth-order valence-corrected chi connectivity index (χ4v) is 2.81. The van der Waals surface area contributed by atoms with Gasteiger partial charge in [-0.3, -0.25) is 9.59 Å². The maximum absolute atomic E-state index is 13.3. The first kappa shape index (κ1) is 21.4. The monoisotopic (exact) mass is 433 g/mol. The normalized spacial score (nSPS) is 14.5. The molecular weight excluding hydrogens is 413 g/mol. The van der Waals surface area contributed by atoms with Gasteiger partial charge in [-0.25, -0.2) is 4.39 Å². The minimum absolute atomic E-state index is 0.0222. The zero-order chi connectivity index (χ0) is 21.5. The van der Waals surface area contributed by atoms with Gasteiger partial charge < -0.3 is 25.4 Å². The van der Waals surface area contributed by atoms with E-state index in [1.165, 1.54) is 12.1 Å². The van der Waals surface area contributed by atoms with Crippen molar-refractivity contribution in [3.63, 3.8) is 0 Å². The molecule has 9 heteroatoms. The Morgan fingerprint density at radius 3 is 2.90 bits per heavy atom. The van der Waals surface area contributed by atoms with E-state index >= 15 is 0 Å². The number of carbonyl (C=O) groups is 2. The number of fused-ring (bicyclic) bond motifs is 1. The summed E-state index contributed by atoms with van der Waals surface area (Å²) in [6, 6.07) is 11.3. The van der Waals surface area contributed by atoms with Crippen LogP contribution in [0.5, 0.6) is 11.5 Å². The van der Waals surface area contributed by atoms with Gasteiger partial charge in [-0.05, 0) is 24.3 Å². The third-order valence-electron chi connectivity index (χ3n) is 4.24. The molecule has 0 saturated heterocycles. The van der Waals surface area contributed by atoms with E-state index < -0.39 is 11.9 Å². The number of hydrogen-bond acceptors (Lipinski definition) is 5. The Morgan fingerprint density at radius 2 is 2.10 bits per heavy atom. The molecule has 3 rings (SSSR count). The smallest absolute Gasteiger partial charge is 0.267 e. The first-order valence-electron chi connectivity index (χ1n) is 9.25. The van der Waals surface area contributed by atoms with Gasteiger partial charge in [0.15, 0.2) is 12.7 Å². The van der Waals surface area contributed by atoms with Gasteiger partial charge in [0.2, 0.25) is 0 Å². The predicted molar refractivity (Wildman–Crippen MR) is 111 cm³/mol. The first-order chi connectivity index (χ1) is 14.4. The van der Waals surface area contributed by atoms with E-state index in [1.807, 2.05) is 18.2 Å². The van der Waals surface area contributed by atoms with Gasteiger partial charge in [0.25, 0.3) is 11.8 Å². The number of hydrogen-bond donors (Lipinski definition) is 3. The van der Waals surface area contributed by atoms with Crippen LogP contribution in [0.4, 0.5) is 10.1 Å². The summed E-state index contributed by atoms with van der Waals surface area (Å²) < 4.78 is 24.2. The highest BCUT2D eigenvalue weighted by atomic mass is 35.5. The van der Waals surface area contributed by atoms with E-state index in [2.05, 4.69) is 22.5 Å². The lowest BCUT2D eigenvalue weighted by atomic mass is 10.2. The molecule has 1 heterocycles. The van der Waals surface area contributed by atoms with Gasteiger partial charge in [0, 0.05) is 24.7 Å². The SMILES string of the molecule is C=C(CCNC(=O)COc1ccc(Cl)c(F)c1)NC(=O)[C@@H]1CNc2ccccc2O1. The molecule has 2 aromatic rings. The first-order valence-corrected chi connectivity index (χ1v) is 9.63. The molecule has 7 nitrogen and oxygen atoms in total. The van der Waals surface area contributed by atoms with E-state index in [0.29, 0.717) is 24.4 Å². The van der Waals surface area contributed by atoms with E-state index in [-0.39, 0.29) is 35.7 Å². The van der Waals surface area contributed by atoms with Crippen molar-refractivity contribution in [2.75, 3.05) is 25.0 Å². The van der Waals surface area contributed by atoms with Crippen molar-refractivity contribution in [1.82, 2.24) is 10.6 Å². The molecule has 0 bridgehead atoms. The summed E-state index contributed by atoms with van der Waals surface area (Å²) in [6.07, 6.45) is -0.344. The molecular formula is C21H21ClFN3O4. The Hall–Kier alpha value is -3.26. The zero-order valence-corrected chi connectivity index (χ0v) is 16.8. The van der Waals surface area contributed by atoms with Crippen molar-refractivity contribution in [2.45, 2.75) is 12.5 Å². The summed E-state index contributed by atoms with van der Waals surface area (Å²) in [5.74, 6) is -0.515. The van der Waals surface area contributed by atoms with Crippen LogP contribution in [0, 0.1) is 5.82 Å². The predicted octanol–water partition coefficient (Wildman–Crippen LogP) is 2.87. The van der Waals surface area contributed by atoms with Crippen LogP contribution >= 0.6 is 11.6 Å². The van der Waals surface area contributed by atoms with Crippen molar-refractivity contribution in [1.29, 1.82) is 0 Å². The summed E-state index contributed by atoms with van der Waals surface area (Å²) in [7, 11) is 0.